The maximum absolute atomic E-state index is 6.17. The van der Waals surface area contributed by atoms with Crippen molar-refractivity contribution in [3.05, 3.63) is 35.4 Å². The van der Waals surface area contributed by atoms with Crippen LogP contribution in [0, 0.1) is 11.8 Å². The molecule has 2 nitrogen and oxygen atoms in total. The Morgan fingerprint density at radius 2 is 1.95 bits per heavy atom. The van der Waals surface area contributed by atoms with E-state index in [0.717, 1.165) is 18.3 Å². The van der Waals surface area contributed by atoms with Crippen molar-refractivity contribution in [1.82, 2.24) is 4.90 Å². The fourth-order valence-corrected chi connectivity index (χ4v) is 3.79. The minimum atomic E-state index is 0.367. The van der Waals surface area contributed by atoms with Crippen LogP contribution in [0.25, 0.3) is 0 Å². The number of piperidine rings is 1. The van der Waals surface area contributed by atoms with Gasteiger partial charge in [0.1, 0.15) is 0 Å². The van der Waals surface area contributed by atoms with E-state index in [9.17, 15) is 0 Å². The van der Waals surface area contributed by atoms with E-state index in [0.29, 0.717) is 18.6 Å². The Balaban J connectivity index is 2.31. The predicted octanol–water partition coefficient (Wildman–Crippen LogP) is 3.62. The standard InChI is InChI=1S/C18H30N2/c1-5-16-8-6-7-9-17(16)18(11-19)20-12-13(2)10-14(3)15(20)4/h6-9,13-15,18H,5,10-12,19H2,1-4H3. The summed E-state index contributed by atoms with van der Waals surface area (Å²) < 4.78 is 0. The third-order valence-corrected chi connectivity index (χ3v) is 5.06. The quantitative estimate of drug-likeness (QED) is 0.908. The third-order valence-electron chi connectivity index (χ3n) is 5.06. The average molecular weight is 274 g/mol. The van der Waals surface area contributed by atoms with E-state index < -0.39 is 0 Å². The van der Waals surface area contributed by atoms with E-state index in [-0.39, 0.29) is 0 Å². The Hall–Kier alpha value is -0.860. The van der Waals surface area contributed by atoms with Crippen LogP contribution in [-0.2, 0) is 6.42 Å². The first-order chi connectivity index (χ1) is 9.58. The molecule has 1 aromatic carbocycles. The maximum atomic E-state index is 6.17. The van der Waals surface area contributed by atoms with Crippen molar-refractivity contribution in [3.8, 4) is 0 Å². The van der Waals surface area contributed by atoms with Gasteiger partial charge in [-0.3, -0.25) is 4.90 Å². The Morgan fingerprint density at radius 1 is 1.25 bits per heavy atom. The first-order valence-electron chi connectivity index (χ1n) is 8.12. The Bertz CT molecular complexity index is 429. The zero-order chi connectivity index (χ0) is 14.7. The number of hydrogen-bond acceptors (Lipinski definition) is 2. The van der Waals surface area contributed by atoms with Crippen LogP contribution in [0.4, 0.5) is 0 Å². The molecule has 0 saturated carbocycles. The van der Waals surface area contributed by atoms with Crippen molar-refractivity contribution in [2.75, 3.05) is 13.1 Å². The molecule has 1 fully saturated rings. The molecule has 0 aliphatic carbocycles. The molecule has 0 aromatic heterocycles. The van der Waals surface area contributed by atoms with Gasteiger partial charge in [0.15, 0.2) is 0 Å². The van der Waals surface area contributed by atoms with Crippen LogP contribution < -0.4 is 5.73 Å². The van der Waals surface area contributed by atoms with Crippen LogP contribution >= 0.6 is 0 Å². The number of nitrogens with zero attached hydrogens (tertiary/aromatic N) is 1. The minimum absolute atomic E-state index is 0.367. The molecule has 1 aliphatic rings. The molecule has 112 valence electrons. The number of nitrogens with two attached hydrogens (primary N) is 1. The van der Waals surface area contributed by atoms with E-state index in [4.69, 9.17) is 5.73 Å². The van der Waals surface area contributed by atoms with Crippen molar-refractivity contribution in [2.45, 2.75) is 52.6 Å². The molecule has 20 heavy (non-hydrogen) atoms. The minimum Gasteiger partial charge on any atom is -0.329 e. The van der Waals surface area contributed by atoms with E-state index in [1.807, 2.05) is 0 Å². The number of hydrogen-bond donors (Lipinski definition) is 1. The summed E-state index contributed by atoms with van der Waals surface area (Å²) in [7, 11) is 0. The molecule has 1 saturated heterocycles. The molecule has 2 heteroatoms. The summed E-state index contributed by atoms with van der Waals surface area (Å²) >= 11 is 0. The van der Waals surface area contributed by atoms with Crippen molar-refractivity contribution in [1.29, 1.82) is 0 Å². The van der Waals surface area contributed by atoms with Gasteiger partial charge in [-0.05, 0) is 42.7 Å². The first kappa shape index (κ1) is 15.5. The second-order valence-corrected chi connectivity index (χ2v) is 6.56. The SMILES string of the molecule is CCc1ccccc1C(CN)N1CC(C)CC(C)C1C. The summed E-state index contributed by atoms with van der Waals surface area (Å²) in [6.07, 6.45) is 2.42. The van der Waals surface area contributed by atoms with Gasteiger partial charge in [0, 0.05) is 25.2 Å². The average Bonchev–Trinajstić information content (AvgIpc) is 2.45. The summed E-state index contributed by atoms with van der Waals surface area (Å²) in [5, 5.41) is 0. The molecule has 2 rings (SSSR count). The third kappa shape index (κ3) is 3.07. The molecule has 1 aromatic rings. The van der Waals surface area contributed by atoms with Gasteiger partial charge in [-0.15, -0.1) is 0 Å². The predicted molar refractivity (Wildman–Crippen MR) is 86.7 cm³/mol. The fraction of sp³-hybridized carbons (Fsp3) is 0.667. The first-order valence-corrected chi connectivity index (χ1v) is 8.12. The molecule has 1 heterocycles. The zero-order valence-corrected chi connectivity index (χ0v) is 13.5. The Kier molecular flexibility index (Phi) is 5.22. The highest BCUT2D eigenvalue weighted by molar-refractivity contribution is 5.30. The largest absolute Gasteiger partial charge is 0.329 e. The summed E-state index contributed by atoms with van der Waals surface area (Å²) in [5.74, 6) is 1.52. The number of aryl methyl sites for hydroxylation is 1. The van der Waals surface area contributed by atoms with Gasteiger partial charge >= 0.3 is 0 Å². The summed E-state index contributed by atoms with van der Waals surface area (Å²) in [4.78, 5) is 2.65. The highest BCUT2D eigenvalue weighted by atomic mass is 15.2. The second kappa shape index (κ2) is 6.73. The molecule has 1 aliphatic heterocycles. The van der Waals surface area contributed by atoms with Crippen LogP contribution in [-0.4, -0.2) is 24.0 Å². The summed E-state index contributed by atoms with van der Waals surface area (Å²) in [6, 6.07) is 9.79. The van der Waals surface area contributed by atoms with Gasteiger partial charge in [0.25, 0.3) is 0 Å². The topological polar surface area (TPSA) is 29.3 Å². The number of benzene rings is 1. The summed E-state index contributed by atoms with van der Waals surface area (Å²) in [6.45, 7) is 11.2. The van der Waals surface area contributed by atoms with Gasteiger partial charge in [0.2, 0.25) is 0 Å². The van der Waals surface area contributed by atoms with Crippen LogP contribution in [0.3, 0.4) is 0 Å². The van der Waals surface area contributed by atoms with Gasteiger partial charge in [-0.1, -0.05) is 45.0 Å². The van der Waals surface area contributed by atoms with Crippen molar-refractivity contribution < 1.29 is 0 Å². The molecular formula is C18H30N2. The lowest BCUT2D eigenvalue weighted by Gasteiger charge is -2.45. The molecule has 4 unspecified atom stereocenters. The van der Waals surface area contributed by atoms with Crippen molar-refractivity contribution >= 4 is 0 Å². The Morgan fingerprint density at radius 3 is 2.60 bits per heavy atom. The van der Waals surface area contributed by atoms with E-state index in [1.165, 1.54) is 24.1 Å². The van der Waals surface area contributed by atoms with E-state index in [1.54, 1.807) is 0 Å². The second-order valence-electron chi connectivity index (χ2n) is 6.56. The Labute approximate surface area is 124 Å². The maximum Gasteiger partial charge on any atom is 0.0476 e. The van der Waals surface area contributed by atoms with Gasteiger partial charge in [0.05, 0.1) is 0 Å². The normalized spacial score (nSPS) is 29.4. The lowest BCUT2D eigenvalue weighted by Crippen LogP contribution is -2.49. The number of likely N-dealkylation sites (tertiary alicyclic amines) is 1. The van der Waals surface area contributed by atoms with Crippen LogP contribution in [0.2, 0.25) is 0 Å². The smallest absolute Gasteiger partial charge is 0.0476 e. The number of rotatable bonds is 4. The van der Waals surface area contributed by atoms with Crippen LogP contribution in [0.5, 0.6) is 0 Å². The van der Waals surface area contributed by atoms with E-state index in [2.05, 4.69) is 56.9 Å². The van der Waals surface area contributed by atoms with Crippen LogP contribution in [0.1, 0.15) is 51.3 Å². The van der Waals surface area contributed by atoms with Crippen molar-refractivity contribution in [3.63, 3.8) is 0 Å². The van der Waals surface area contributed by atoms with Gasteiger partial charge in [-0.25, -0.2) is 0 Å². The molecule has 0 spiro atoms. The van der Waals surface area contributed by atoms with Crippen LogP contribution in [0.15, 0.2) is 24.3 Å². The molecule has 0 radical (unpaired) electrons. The molecule has 0 bridgehead atoms. The highest BCUT2D eigenvalue weighted by Crippen LogP contribution is 2.34. The molecule has 0 amide bonds. The summed E-state index contributed by atoms with van der Waals surface area (Å²) in [5.41, 5.74) is 9.05. The van der Waals surface area contributed by atoms with E-state index >= 15 is 0 Å². The zero-order valence-electron chi connectivity index (χ0n) is 13.5. The highest BCUT2D eigenvalue weighted by Gasteiger charge is 2.33. The molecular weight excluding hydrogens is 244 g/mol. The molecule has 2 N–H and O–H groups in total. The van der Waals surface area contributed by atoms with Crippen molar-refractivity contribution in [2.24, 2.45) is 17.6 Å². The lowest BCUT2D eigenvalue weighted by atomic mass is 9.83. The fourth-order valence-electron chi connectivity index (χ4n) is 3.79. The van der Waals surface area contributed by atoms with Gasteiger partial charge in [-0.2, -0.15) is 0 Å². The lowest BCUT2D eigenvalue weighted by molar-refractivity contribution is 0.0421. The monoisotopic (exact) mass is 274 g/mol. The van der Waals surface area contributed by atoms with Gasteiger partial charge < -0.3 is 5.73 Å². The molecule has 4 atom stereocenters.